The molecule has 3 rings (SSSR count). The standard InChI is InChI=1S/C13H18ClNO3.C10H14N2/c1-2-18-12(9-13(16)15-17)8-5-10-3-6-11(14)7-4-10;1-2-4-10(5-3-1)12-8-6-11-7-9-12/h3-4,6-7,12,17H,2,5,8-9H2,1H3,(H,15,16);1-5,11H,6-9H2. The van der Waals surface area contributed by atoms with Crippen molar-refractivity contribution in [2.24, 2.45) is 0 Å². The predicted octanol–water partition coefficient (Wildman–Crippen LogP) is 3.67. The van der Waals surface area contributed by atoms with E-state index in [2.05, 4.69) is 40.5 Å². The molecule has 1 saturated heterocycles. The van der Waals surface area contributed by atoms with E-state index in [-0.39, 0.29) is 12.5 Å². The zero-order valence-corrected chi connectivity index (χ0v) is 18.3. The van der Waals surface area contributed by atoms with Crippen molar-refractivity contribution in [1.29, 1.82) is 0 Å². The van der Waals surface area contributed by atoms with Gasteiger partial charge in [0.05, 0.1) is 12.5 Å². The van der Waals surface area contributed by atoms with Crippen molar-refractivity contribution in [3.63, 3.8) is 0 Å². The number of carbonyl (C=O) groups is 1. The van der Waals surface area contributed by atoms with Gasteiger partial charge in [-0.15, -0.1) is 0 Å². The molecule has 1 heterocycles. The molecular formula is C23H32ClN3O3. The Hall–Kier alpha value is -2.12. The molecule has 1 amide bonds. The molecule has 1 unspecified atom stereocenters. The highest BCUT2D eigenvalue weighted by Gasteiger charge is 2.13. The molecule has 1 atom stereocenters. The molecule has 1 fully saturated rings. The maximum atomic E-state index is 11.1. The van der Waals surface area contributed by atoms with E-state index in [1.165, 1.54) is 5.69 Å². The maximum absolute atomic E-state index is 11.1. The van der Waals surface area contributed by atoms with Crippen LogP contribution in [0.25, 0.3) is 0 Å². The average Bonchev–Trinajstić information content (AvgIpc) is 2.80. The van der Waals surface area contributed by atoms with Crippen molar-refractivity contribution in [2.75, 3.05) is 37.7 Å². The van der Waals surface area contributed by atoms with Crippen molar-refractivity contribution < 1.29 is 14.7 Å². The van der Waals surface area contributed by atoms with Gasteiger partial charge >= 0.3 is 0 Å². The van der Waals surface area contributed by atoms with Crippen LogP contribution in [0.2, 0.25) is 5.02 Å². The number of benzene rings is 2. The Balaban J connectivity index is 0.000000230. The lowest BCUT2D eigenvalue weighted by Crippen LogP contribution is -2.43. The second-order valence-electron chi connectivity index (χ2n) is 7.05. The van der Waals surface area contributed by atoms with E-state index in [0.29, 0.717) is 11.6 Å². The first-order valence-electron chi connectivity index (χ1n) is 10.4. The number of ether oxygens (including phenoxy) is 1. The number of carbonyl (C=O) groups excluding carboxylic acids is 1. The fourth-order valence-electron chi connectivity index (χ4n) is 3.27. The van der Waals surface area contributed by atoms with Gasteiger partial charge in [-0.3, -0.25) is 10.0 Å². The Labute approximate surface area is 184 Å². The first-order chi connectivity index (χ1) is 14.6. The smallest absolute Gasteiger partial charge is 0.245 e. The molecule has 6 nitrogen and oxygen atoms in total. The lowest BCUT2D eigenvalue weighted by molar-refractivity contribution is -0.132. The monoisotopic (exact) mass is 433 g/mol. The molecule has 30 heavy (non-hydrogen) atoms. The molecular weight excluding hydrogens is 402 g/mol. The number of rotatable bonds is 8. The van der Waals surface area contributed by atoms with Crippen LogP contribution in [-0.2, 0) is 16.0 Å². The van der Waals surface area contributed by atoms with Crippen molar-refractivity contribution in [2.45, 2.75) is 32.3 Å². The molecule has 0 bridgehead atoms. The molecule has 0 aromatic heterocycles. The number of hydrogen-bond donors (Lipinski definition) is 3. The van der Waals surface area contributed by atoms with E-state index in [4.69, 9.17) is 21.5 Å². The van der Waals surface area contributed by atoms with E-state index >= 15 is 0 Å². The molecule has 1 aliphatic heterocycles. The summed E-state index contributed by atoms with van der Waals surface area (Å²) in [6, 6.07) is 18.2. The summed E-state index contributed by atoms with van der Waals surface area (Å²) in [6.07, 6.45) is 1.51. The van der Waals surface area contributed by atoms with Gasteiger partial charge in [0.25, 0.3) is 0 Å². The van der Waals surface area contributed by atoms with Gasteiger partial charge in [0.1, 0.15) is 0 Å². The molecule has 2 aromatic carbocycles. The SMILES string of the molecule is CCOC(CCc1ccc(Cl)cc1)CC(=O)NO.c1ccc(N2CCNCC2)cc1. The van der Waals surface area contributed by atoms with Gasteiger partial charge in [0, 0.05) is 43.5 Å². The molecule has 164 valence electrons. The van der Waals surface area contributed by atoms with Crippen molar-refractivity contribution in [3.05, 3.63) is 65.2 Å². The zero-order valence-electron chi connectivity index (χ0n) is 17.5. The van der Waals surface area contributed by atoms with Crippen LogP contribution in [0.1, 0.15) is 25.3 Å². The predicted molar refractivity (Wildman–Crippen MR) is 121 cm³/mol. The van der Waals surface area contributed by atoms with Gasteiger partial charge in [0.15, 0.2) is 0 Å². The Morgan fingerprint density at radius 2 is 1.83 bits per heavy atom. The van der Waals surface area contributed by atoms with Crippen LogP contribution in [0.15, 0.2) is 54.6 Å². The van der Waals surface area contributed by atoms with E-state index in [1.54, 1.807) is 5.48 Å². The van der Waals surface area contributed by atoms with E-state index in [0.717, 1.165) is 44.6 Å². The first-order valence-corrected chi connectivity index (χ1v) is 10.8. The van der Waals surface area contributed by atoms with Gasteiger partial charge < -0.3 is 15.0 Å². The number of anilines is 1. The normalized spacial score (nSPS) is 14.4. The number of hydroxylamine groups is 1. The maximum Gasteiger partial charge on any atom is 0.245 e. The number of hydrogen-bond acceptors (Lipinski definition) is 5. The molecule has 3 N–H and O–H groups in total. The molecule has 2 aromatic rings. The van der Waals surface area contributed by atoms with E-state index in [1.807, 2.05) is 31.2 Å². The number of aryl methyl sites for hydroxylation is 1. The molecule has 0 spiro atoms. The molecule has 7 heteroatoms. The van der Waals surface area contributed by atoms with Gasteiger partial charge in [0.2, 0.25) is 5.91 Å². The van der Waals surface area contributed by atoms with Crippen molar-refractivity contribution >= 4 is 23.2 Å². The van der Waals surface area contributed by atoms with Crippen LogP contribution in [0.5, 0.6) is 0 Å². The first kappa shape index (κ1) is 24.2. The Kier molecular flexibility index (Phi) is 11.3. The highest BCUT2D eigenvalue weighted by molar-refractivity contribution is 6.30. The summed E-state index contributed by atoms with van der Waals surface area (Å²) in [7, 11) is 0. The zero-order chi connectivity index (χ0) is 21.6. The highest BCUT2D eigenvalue weighted by atomic mass is 35.5. The van der Waals surface area contributed by atoms with Crippen molar-refractivity contribution in [1.82, 2.24) is 10.8 Å². The highest BCUT2D eigenvalue weighted by Crippen LogP contribution is 2.14. The third-order valence-corrected chi connectivity index (χ3v) is 5.10. The second kappa shape index (κ2) is 14.0. The van der Waals surface area contributed by atoms with Gasteiger partial charge in [-0.25, -0.2) is 5.48 Å². The summed E-state index contributed by atoms with van der Waals surface area (Å²) in [4.78, 5) is 13.5. The number of para-hydroxylation sites is 1. The van der Waals surface area contributed by atoms with E-state index in [9.17, 15) is 4.79 Å². The molecule has 0 radical (unpaired) electrons. The Morgan fingerprint density at radius 3 is 2.43 bits per heavy atom. The minimum absolute atomic E-state index is 0.165. The van der Waals surface area contributed by atoms with Gasteiger partial charge in [-0.1, -0.05) is 41.9 Å². The summed E-state index contributed by atoms with van der Waals surface area (Å²) in [5.41, 5.74) is 4.12. The number of halogens is 1. The largest absolute Gasteiger partial charge is 0.378 e. The van der Waals surface area contributed by atoms with Crippen LogP contribution in [0.3, 0.4) is 0 Å². The quantitative estimate of drug-likeness (QED) is 0.437. The van der Waals surface area contributed by atoms with Gasteiger partial charge in [-0.05, 0) is 49.6 Å². The number of amides is 1. The van der Waals surface area contributed by atoms with Crippen LogP contribution < -0.4 is 15.7 Å². The lowest BCUT2D eigenvalue weighted by atomic mass is 10.0. The van der Waals surface area contributed by atoms with Crippen LogP contribution in [0.4, 0.5) is 5.69 Å². The average molecular weight is 434 g/mol. The summed E-state index contributed by atoms with van der Waals surface area (Å²) < 4.78 is 5.46. The fourth-order valence-corrected chi connectivity index (χ4v) is 3.40. The van der Waals surface area contributed by atoms with Gasteiger partial charge in [-0.2, -0.15) is 0 Å². The minimum Gasteiger partial charge on any atom is -0.378 e. The number of nitrogens with one attached hydrogen (secondary N) is 2. The van der Waals surface area contributed by atoms with E-state index < -0.39 is 5.91 Å². The van der Waals surface area contributed by atoms with Crippen LogP contribution in [-0.4, -0.2) is 50.0 Å². The van der Waals surface area contributed by atoms with Crippen LogP contribution >= 0.6 is 11.6 Å². The topological polar surface area (TPSA) is 73.8 Å². The fraction of sp³-hybridized carbons (Fsp3) is 0.435. The summed E-state index contributed by atoms with van der Waals surface area (Å²) >= 11 is 5.81. The number of nitrogens with zero attached hydrogens (tertiary/aromatic N) is 1. The summed E-state index contributed by atoms with van der Waals surface area (Å²) in [6.45, 7) is 6.90. The molecule has 0 saturated carbocycles. The van der Waals surface area contributed by atoms with Crippen LogP contribution in [0, 0.1) is 0 Å². The summed E-state index contributed by atoms with van der Waals surface area (Å²) in [5.74, 6) is -0.426. The Bertz CT molecular complexity index is 722. The summed E-state index contributed by atoms with van der Waals surface area (Å²) in [5, 5.41) is 12.5. The second-order valence-corrected chi connectivity index (χ2v) is 7.49. The third-order valence-electron chi connectivity index (χ3n) is 4.85. The molecule has 0 aliphatic carbocycles. The minimum atomic E-state index is -0.426. The molecule has 1 aliphatic rings. The number of piperazine rings is 1. The third kappa shape index (κ3) is 9.13. The Morgan fingerprint density at radius 1 is 1.17 bits per heavy atom. The lowest BCUT2D eigenvalue weighted by Gasteiger charge is -2.29. The van der Waals surface area contributed by atoms with Crippen molar-refractivity contribution in [3.8, 4) is 0 Å².